The van der Waals surface area contributed by atoms with Gasteiger partial charge < -0.3 is 68.7 Å². The van der Waals surface area contributed by atoms with Gasteiger partial charge in [0.1, 0.15) is 48.3 Å². The van der Waals surface area contributed by atoms with Crippen molar-refractivity contribution in [3.8, 4) is 0 Å². The Morgan fingerprint density at radius 2 is 0.649 bits per heavy atom. The average molecular weight is 1100 g/mol. The first-order valence-electron chi connectivity index (χ1n) is 26.8. The highest BCUT2D eigenvalue weighted by Crippen LogP contribution is 2.14. The highest BCUT2D eigenvalue weighted by molar-refractivity contribution is 5.98. The van der Waals surface area contributed by atoms with Gasteiger partial charge in [-0.1, -0.05) is 104 Å². The van der Waals surface area contributed by atoms with Crippen LogP contribution in [-0.2, 0) is 62.3 Å². The van der Waals surface area contributed by atoms with Gasteiger partial charge in [-0.2, -0.15) is 0 Å². The standard InChI is InChI=1S/C51H87N9O17/c1-7-9-10-11-12-13-14-15-16-17-18-19-20-21-38(61)53-31(4)47(73)60-43(30(3)8-2)51(77)55-32(5)45(71)54-33(6)46(72)57-35(23-27-40(64)65)49(75)59-37(25-29-42(68)69)50(76)58-36(24-28-41(66)67)48(74)56-34(44(52)70)22-26-39(62)63/h30-37,43H,7-29H2,1-6H3,(H2,52,70)(H,53,61)(H,54,71)(H,55,77)(H,56,74)(H,57,72)(H,58,76)(H,59,75)(H,60,73)(H,62,63)(H,64,65)(H,66,67)(H,68,69)/t30-,31-,32-,33-,34-,35-,36-,37-,43-/m0/s1. The van der Waals surface area contributed by atoms with Gasteiger partial charge in [0.25, 0.3) is 0 Å². The maximum absolute atomic E-state index is 13.7. The molecule has 0 radical (unpaired) electrons. The van der Waals surface area contributed by atoms with Crippen LogP contribution in [0.4, 0.5) is 0 Å². The van der Waals surface area contributed by atoms with Gasteiger partial charge in [-0.05, 0) is 58.8 Å². The predicted molar refractivity (Wildman–Crippen MR) is 279 cm³/mol. The Morgan fingerprint density at radius 1 is 0.351 bits per heavy atom. The Morgan fingerprint density at radius 3 is 1.01 bits per heavy atom. The van der Waals surface area contributed by atoms with E-state index in [-0.39, 0.29) is 12.3 Å². The van der Waals surface area contributed by atoms with E-state index in [1.54, 1.807) is 13.8 Å². The molecule has 0 aliphatic rings. The molecule has 0 aliphatic heterocycles. The van der Waals surface area contributed by atoms with Crippen molar-refractivity contribution in [2.24, 2.45) is 11.7 Å². The summed E-state index contributed by atoms with van der Waals surface area (Å²) in [4.78, 5) is 164. The van der Waals surface area contributed by atoms with Gasteiger partial charge in [0.2, 0.25) is 53.2 Å². The maximum atomic E-state index is 13.7. The summed E-state index contributed by atoms with van der Waals surface area (Å²) in [5.74, 6) is -14.5. The Labute approximate surface area is 450 Å². The summed E-state index contributed by atoms with van der Waals surface area (Å²) in [5, 5.41) is 56.0. The number of carboxylic acids is 4. The van der Waals surface area contributed by atoms with Crippen LogP contribution in [0, 0.1) is 5.92 Å². The molecule has 77 heavy (non-hydrogen) atoms. The van der Waals surface area contributed by atoms with Crippen molar-refractivity contribution in [1.82, 2.24) is 42.5 Å². The second kappa shape index (κ2) is 39.5. The normalized spacial score (nSPS) is 14.5. The van der Waals surface area contributed by atoms with Crippen LogP contribution in [0.1, 0.15) is 189 Å². The number of amides is 9. The molecule has 0 aliphatic carbocycles. The predicted octanol–water partition coefficient (Wildman–Crippen LogP) is 1.40. The van der Waals surface area contributed by atoms with Gasteiger partial charge in [0, 0.05) is 32.1 Å². The molecule has 0 bridgehead atoms. The molecule has 0 spiro atoms. The van der Waals surface area contributed by atoms with Crippen molar-refractivity contribution in [2.75, 3.05) is 0 Å². The molecule has 0 fully saturated rings. The highest BCUT2D eigenvalue weighted by Gasteiger charge is 2.34. The summed E-state index contributed by atoms with van der Waals surface area (Å²) in [6, 6.07) is -11.8. The number of hydrogen-bond acceptors (Lipinski definition) is 13. The van der Waals surface area contributed by atoms with E-state index in [0.717, 1.165) is 19.3 Å². The zero-order valence-electron chi connectivity index (χ0n) is 45.6. The monoisotopic (exact) mass is 1100 g/mol. The Hall–Kier alpha value is -6.89. The molecule has 0 rings (SSSR count). The number of carboxylic acid groups (broad SMARTS) is 4. The zero-order valence-corrected chi connectivity index (χ0v) is 45.6. The van der Waals surface area contributed by atoms with Crippen LogP contribution in [0.3, 0.4) is 0 Å². The highest BCUT2D eigenvalue weighted by atomic mass is 16.4. The van der Waals surface area contributed by atoms with Crippen LogP contribution in [0.2, 0.25) is 0 Å². The molecule has 0 saturated carbocycles. The third-order valence-corrected chi connectivity index (χ3v) is 12.7. The number of unbranched alkanes of at least 4 members (excludes halogenated alkanes) is 12. The molecule has 0 unspecified atom stereocenters. The molecule has 14 N–H and O–H groups in total. The van der Waals surface area contributed by atoms with Crippen molar-refractivity contribution in [3.05, 3.63) is 0 Å². The van der Waals surface area contributed by atoms with E-state index < -0.39 is 177 Å². The van der Waals surface area contributed by atoms with Crippen molar-refractivity contribution < 1.29 is 82.8 Å². The lowest BCUT2D eigenvalue weighted by molar-refractivity contribution is -0.140. The van der Waals surface area contributed by atoms with E-state index in [4.69, 9.17) is 10.8 Å². The molecule has 9 atom stereocenters. The smallest absolute Gasteiger partial charge is 0.303 e. The topological polar surface area (TPSA) is 425 Å². The number of rotatable bonds is 44. The van der Waals surface area contributed by atoms with E-state index in [1.807, 2.05) is 0 Å². The number of nitrogens with two attached hydrogens (primary N) is 1. The summed E-state index contributed by atoms with van der Waals surface area (Å²) >= 11 is 0. The summed E-state index contributed by atoms with van der Waals surface area (Å²) in [6.45, 7) is 9.67. The van der Waals surface area contributed by atoms with Crippen LogP contribution in [0.15, 0.2) is 0 Å². The second-order valence-electron chi connectivity index (χ2n) is 19.5. The van der Waals surface area contributed by atoms with Gasteiger partial charge in [0.15, 0.2) is 0 Å². The van der Waals surface area contributed by atoms with E-state index in [9.17, 15) is 77.6 Å². The van der Waals surface area contributed by atoms with Gasteiger partial charge in [-0.15, -0.1) is 0 Å². The summed E-state index contributed by atoms with van der Waals surface area (Å²) < 4.78 is 0. The fourth-order valence-corrected chi connectivity index (χ4v) is 7.71. The zero-order chi connectivity index (χ0) is 58.6. The summed E-state index contributed by atoms with van der Waals surface area (Å²) in [7, 11) is 0. The molecule has 26 nitrogen and oxygen atoms in total. The van der Waals surface area contributed by atoms with Crippen molar-refractivity contribution >= 4 is 77.0 Å². The van der Waals surface area contributed by atoms with Crippen LogP contribution in [0.5, 0.6) is 0 Å². The number of nitrogens with one attached hydrogen (secondary N) is 8. The van der Waals surface area contributed by atoms with Crippen LogP contribution >= 0.6 is 0 Å². The first-order chi connectivity index (χ1) is 36.2. The minimum absolute atomic E-state index is 0.240. The molecule has 0 aromatic heterocycles. The number of hydrogen-bond donors (Lipinski definition) is 13. The third kappa shape index (κ3) is 32.3. The van der Waals surface area contributed by atoms with Crippen molar-refractivity contribution in [1.29, 1.82) is 0 Å². The number of carbonyl (C=O) groups excluding carboxylic acids is 9. The minimum atomic E-state index is -1.83. The fourth-order valence-electron chi connectivity index (χ4n) is 7.71. The maximum Gasteiger partial charge on any atom is 0.303 e. The molecule has 9 amide bonds. The molecule has 438 valence electrons. The van der Waals surface area contributed by atoms with Gasteiger partial charge in [0.05, 0.1) is 0 Å². The average Bonchev–Trinajstić information content (AvgIpc) is 3.35. The van der Waals surface area contributed by atoms with E-state index in [0.29, 0.717) is 12.8 Å². The third-order valence-electron chi connectivity index (χ3n) is 12.7. The van der Waals surface area contributed by atoms with E-state index in [2.05, 4.69) is 49.5 Å². The fraction of sp³-hybridized carbons (Fsp3) is 0.745. The lowest BCUT2D eigenvalue weighted by atomic mass is 9.97. The number of primary amides is 1. The molecule has 0 heterocycles. The lowest BCUT2D eigenvalue weighted by Crippen LogP contribution is -2.60. The molecular weight excluding hydrogens is 1010 g/mol. The minimum Gasteiger partial charge on any atom is -0.481 e. The van der Waals surface area contributed by atoms with Gasteiger partial charge >= 0.3 is 23.9 Å². The lowest BCUT2D eigenvalue weighted by Gasteiger charge is -2.27. The Kier molecular flexibility index (Phi) is 36.0. The quantitative estimate of drug-likeness (QED) is 0.0384. The molecule has 0 aromatic rings. The molecule has 0 saturated heterocycles. The first kappa shape index (κ1) is 70.1. The van der Waals surface area contributed by atoms with Gasteiger partial charge in [-0.25, -0.2) is 0 Å². The van der Waals surface area contributed by atoms with Gasteiger partial charge in [-0.3, -0.25) is 62.3 Å². The molecule has 0 aromatic carbocycles. The van der Waals surface area contributed by atoms with Crippen molar-refractivity contribution in [3.63, 3.8) is 0 Å². The SMILES string of the molecule is CCCCCCCCCCCCCCCC(=O)N[C@@H](C)C(=O)N[C@H](C(=O)N[C@@H](C)C(=O)N[C@@H](C)C(=O)N[C@@H](CCC(=O)O)C(=O)N[C@@H](CCC(=O)O)C(=O)N[C@@H](CCC(=O)O)C(=O)N[C@@H](CCC(=O)O)C(N)=O)[C@@H](C)CC. The number of aliphatic carboxylic acids is 4. The van der Waals surface area contributed by atoms with E-state index >= 15 is 0 Å². The molecule has 26 heteroatoms. The summed E-state index contributed by atoms with van der Waals surface area (Å²) in [6.07, 6.45) is 10.5. The van der Waals surface area contributed by atoms with Crippen molar-refractivity contribution in [2.45, 2.75) is 238 Å². The first-order valence-corrected chi connectivity index (χ1v) is 26.8. The van der Waals surface area contributed by atoms with Crippen LogP contribution in [0.25, 0.3) is 0 Å². The largest absolute Gasteiger partial charge is 0.481 e. The second-order valence-corrected chi connectivity index (χ2v) is 19.5. The van der Waals surface area contributed by atoms with Crippen LogP contribution < -0.4 is 48.3 Å². The van der Waals surface area contributed by atoms with E-state index in [1.165, 1.54) is 78.6 Å². The Balaban J connectivity index is 5.74. The molecular formula is C51H87N9O17. The summed E-state index contributed by atoms with van der Waals surface area (Å²) in [5.41, 5.74) is 5.28. The van der Waals surface area contributed by atoms with Crippen LogP contribution in [-0.4, -0.2) is 146 Å². The Bertz CT molecular complexity index is 1970. The number of carbonyl (C=O) groups is 13.